The molecular formula is C12H18N2O2. The standard InChI is InChI=1S/C12H18N2O2/c15-12(11-5-3-10-16-11)13-6-4-9-14-7-1-2-8-14/h1-2,7-8,11H,3-6,9-10H2,(H,13,15). The van der Waals surface area contributed by atoms with Gasteiger partial charge in [-0.2, -0.15) is 0 Å². The van der Waals surface area contributed by atoms with Crippen LogP contribution in [0.15, 0.2) is 24.5 Å². The van der Waals surface area contributed by atoms with Crippen molar-refractivity contribution >= 4 is 5.91 Å². The maximum Gasteiger partial charge on any atom is 0.249 e. The van der Waals surface area contributed by atoms with Crippen LogP contribution >= 0.6 is 0 Å². The molecule has 2 rings (SSSR count). The van der Waals surface area contributed by atoms with E-state index < -0.39 is 0 Å². The number of ether oxygens (including phenoxy) is 1. The van der Waals surface area contributed by atoms with Crippen molar-refractivity contribution in [3.63, 3.8) is 0 Å². The molecule has 88 valence electrons. The van der Waals surface area contributed by atoms with E-state index in [0.29, 0.717) is 0 Å². The fourth-order valence-corrected chi connectivity index (χ4v) is 1.89. The summed E-state index contributed by atoms with van der Waals surface area (Å²) in [4.78, 5) is 11.6. The summed E-state index contributed by atoms with van der Waals surface area (Å²) in [6.07, 6.45) is 6.67. The molecule has 0 bridgehead atoms. The van der Waals surface area contributed by atoms with Crippen LogP contribution in [-0.2, 0) is 16.1 Å². The summed E-state index contributed by atoms with van der Waals surface area (Å²) < 4.78 is 7.41. The first-order valence-electron chi connectivity index (χ1n) is 5.86. The normalized spacial score (nSPS) is 19.9. The first kappa shape index (κ1) is 11.2. The van der Waals surface area contributed by atoms with Crippen LogP contribution in [0.25, 0.3) is 0 Å². The number of carbonyl (C=O) groups excluding carboxylic acids is 1. The smallest absolute Gasteiger partial charge is 0.249 e. The van der Waals surface area contributed by atoms with Gasteiger partial charge < -0.3 is 14.6 Å². The van der Waals surface area contributed by atoms with Crippen molar-refractivity contribution in [3.05, 3.63) is 24.5 Å². The molecule has 0 radical (unpaired) electrons. The predicted molar refractivity (Wildman–Crippen MR) is 61.0 cm³/mol. The third-order valence-electron chi connectivity index (χ3n) is 2.78. The number of hydrogen-bond donors (Lipinski definition) is 1. The van der Waals surface area contributed by atoms with E-state index in [0.717, 1.165) is 39.0 Å². The zero-order valence-electron chi connectivity index (χ0n) is 9.39. The van der Waals surface area contributed by atoms with E-state index in [4.69, 9.17) is 4.74 Å². The first-order valence-corrected chi connectivity index (χ1v) is 5.86. The lowest BCUT2D eigenvalue weighted by atomic mass is 10.2. The van der Waals surface area contributed by atoms with Gasteiger partial charge in [0.15, 0.2) is 0 Å². The molecule has 1 aliphatic heterocycles. The second-order valence-electron chi connectivity index (χ2n) is 4.07. The second kappa shape index (κ2) is 5.70. The molecule has 1 N–H and O–H groups in total. The second-order valence-corrected chi connectivity index (χ2v) is 4.07. The summed E-state index contributed by atoms with van der Waals surface area (Å²) in [5, 5.41) is 2.91. The van der Waals surface area contributed by atoms with E-state index in [1.807, 2.05) is 24.5 Å². The summed E-state index contributed by atoms with van der Waals surface area (Å²) in [6, 6.07) is 4.01. The average Bonchev–Trinajstić information content (AvgIpc) is 2.96. The Kier molecular flexibility index (Phi) is 3.99. The Morgan fingerprint density at radius 3 is 2.94 bits per heavy atom. The molecule has 1 unspecified atom stereocenters. The van der Waals surface area contributed by atoms with Crippen molar-refractivity contribution in [2.24, 2.45) is 0 Å². The van der Waals surface area contributed by atoms with E-state index in [1.54, 1.807) is 0 Å². The van der Waals surface area contributed by atoms with Crippen LogP contribution in [-0.4, -0.2) is 29.7 Å². The van der Waals surface area contributed by atoms with Gasteiger partial charge in [0.25, 0.3) is 0 Å². The van der Waals surface area contributed by atoms with Crippen molar-refractivity contribution in [1.29, 1.82) is 0 Å². The highest BCUT2D eigenvalue weighted by molar-refractivity contribution is 5.80. The van der Waals surface area contributed by atoms with Crippen LogP contribution in [0.3, 0.4) is 0 Å². The molecule has 1 fully saturated rings. The van der Waals surface area contributed by atoms with E-state index in [1.165, 1.54) is 0 Å². The molecule has 0 saturated carbocycles. The highest BCUT2D eigenvalue weighted by atomic mass is 16.5. The molecule has 0 aromatic carbocycles. The van der Waals surface area contributed by atoms with E-state index >= 15 is 0 Å². The molecule has 1 saturated heterocycles. The number of carbonyl (C=O) groups is 1. The lowest BCUT2D eigenvalue weighted by Crippen LogP contribution is -2.34. The van der Waals surface area contributed by atoms with Gasteiger partial charge in [0, 0.05) is 32.1 Å². The molecule has 2 heterocycles. The average molecular weight is 222 g/mol. The Balaban J connectivity index is 1.59. The summed E-state index contributed by atoms with van der Waals surface area (Å²) >= 11 is 0. The highest BCUT2D eigenvalue weighted by Gasteiger charge is 2.22. The number of nitrogens with one attached hydrogen (secondary N) is 1. The van der Waals surface area contributed by atoms with E-state index in [9.17, 15) is 4.79 Å². The predicted octanol–water partition coefficient (Wildman–Crippen LogP) is 1.17. The highest BCUT2D eigenvalue weighted by Crippen LogP contribution is 2.11. The summed E-state index contributed by atoms with van der Waals surface area (Å²) in [5.41, 5.74) is 0. The van der Waals surface area contributed by atoms with Gasteiger partial charge in [-0.15, -0.1) is 0 Å². The van der Waals surface area contributed by atoms with Gasteiger partial charge in [0.1, 0.15) is 6.10 Å². The topological polar surface area (TPSA) is 43.3 Å². The molecule has 1 aromatic rings. The molecule has 1 atom stereocenters. The largest absolute Gasteiger partial charge is 0.368 e. The minimum absolute atomic E-state index is 0.0463. The Morgan fingerprint density at radius 2 is 2.25 bits per heavy atom. The van der Waals surface area contributed by atoms with Crippen LogP contribution < -0.4 is 5.32 Å². The number of rotatable bonds is 5. The Bertz CT molecular complexity index is 316. The maximum atomic E-state index is 11.6. The van der Waals surface area contributed by atoms with Gasteiger partial charge in [-0.25, -0.2) is 0 Å². The third-order valence-corrected chi connectivity index (χ3v) is 2.78. The fourth-order valence-electron chi connectivity index (χ4n) is 1.89. The fraction of sp³-hybridized carbons (Fsp3) is 0.583. The zero-order chi connectivity index (χ0) is 11.2. The molecule has 0 spiro atoms. The lowest BCUT2D eigenvalue weighted by molar-refractivity contribution is -0.130. The Hall–Kier alpha value is -1.29. The molecule has 4 nitrogen and oxygen atoms in total. The molecule has 1 aromatic heterocycles. The number of nitrogens with zero attached hydrogens (tertiary/aromatic N) is 1. The summed E-state index contributed by atoms with van der Waals surface area (Å²) in [5.74, 6) is 0.0463. The van der Waals surface area contributed by atoms with E-state index in [-0.39, 0.29) is 12.0 Å². The summed E-state index contributed by atoms with van der Waals surface area (Å²) in [6.45, 7) is 2.39. The van der Waals surface area contributed by atoms with Gasteiger partial charge in [-0.05, 0) is 31.4 Å². The Morgan fingerprint density at radius 1 is 1.44 bits per heavy atom. The van der Waals surface area contributed by atoms with Gasteiger partial charge in [-0.1, -0.05) is 0 Å². The molecule has 16 heavy (non-hydrogen) atoms. The lowest BCUT2D eigenvalue weighted by Gasteiger charge is -2.10. The minimum atomic E-state index is -0.202. The van der Waals surface area contributed by atoms with Crippen LogP contribution in [0.2, 0.25) is 0 Å². The Labute approximate surface area is 95.6 Å². The molecule has 0 aliphatic carbocycles. The molecule has 4 heteroatoms. The molecule has 1 amide bonds. The van der Waals surface area contributed by atoms with Crippen molar-refractivity contribution in [2.45, 2.75) is 31.9 Å². The SMILES string of the molecule is O=C(NCCCn1cccc1)C1CCCO1. The zero-order valence-corrected chi connectivity index (χ0v) is 9.39. The maximum absolute atomic E-state index is 11.6. The summed E-state index contributed by atoms with van der Waals surface area (Å²) in [7, 11) is 0. The number of hydrogen-bond acceptors (Lipinski definition) is 2. The molecule has 1 aliphatic rings. The van der Waals surface area contributed by atoms with E-state index in [2.05, 4.69) is 9.88 Å². The van der Waals surface area contributed by atoms with Crippen molar-refractivity contribution < 1.29 is 9.53 Å². The van der Waals surface area contributed by atoms with Gasteiger partial charge in [-0.3, -0.25) is 4.79 Å². The quantitative estimate of drug-likeness (QED) is 0.760. The number of aromatic nitrogens is 1. The van der Waals surface area contributed by atoms with Gasteiger partial charge in [0.05, 0.1) is 0 Å². The number of amides is 1. The van der Waals surface area contributed by atoms with Gasteiger partial charge >= 0.3 is 0 Å². The van der Waals surface area contributed by atoms with Crippen molar-refractivity contribution in [3.8, 4) is 0 Å². The van der Waals surface area contributed by atoms with Crippen molar-refractivity contribution in [1.82, 2.24) is 9.88 Å². The van der Waals surface area contributed by atoms with Crippen LogP contribution in [0.4, 0.5) is 0 Å². The third kappa shape index (κ3) is 3.10. The van der Waals surface area contributed by atoms with Crippen LogP contribution in [0.1, 0.15) is 19.3 Å². The van der Waals surface area contributed by atoms with Crippen LogP contribution in [0.5, 0.6) is 0 Å². The monoisotopic (exact) mass is 222 g/mol. The van der Waals surface area contributed by atoms with Crippen molar-refractivity contribution in [2.75, 3.05) is 13.2 Å². The molecular weight excluding hydrogens is 204 g/mol. The van der Waals surface area contributed by atoms with Crippen LogP contribution in [0, 0.1) is 0 Å². The number of aryl methyl sites for hydroxylation is 1. The minimum Gasteiger partial charge on any atom is -0.368 e. The first-order chi connectivity index (χ1) is 7.86. The van der Waals surface area contributed by atoms with Gasteiger partial charge in [0.2, 0.25) is 5.91 Å².